The minimum absolute atomic E-state index is 0.0402. The summed E-state index contributed by atoms with van der Waals surface area (Å²) in [6.45, 7) is 9.43. The van der Waals surface area contributed by atoms with Gasteiger partial charge in [0.1, 0.15) is 0 Å². The van der Waals surface area contributed by atoms with E-state index in [-0.39, 0.29) is 23.5 Å². The molecule has 1 aliphatic rings. The topological polar surface area (TPSA) is 80.2 Å². The SMILES string of the molecule is C=CCN(CC=C)C(=O)CSc1n[nH]c(=O)n1CC1CCCO1. The van der Waals surface area contributed by atoms with Crippen molar-refractivity contribution in [3.8, 4) is 0 Å². The lowest BCUT2D eigenvalue weighted by Crippen LogP contribution is -2.33. The van der Waals surface area contributed by atoms with Gasteiger partial charge in [0.05, 0.1) is 18.4 Å². The van der Waals surface area contributed by atoms with E-state index in [1.54, 1.807) is 21.6 Å². The molecule has 126 valence electrons. The van der Waals surface area contributed by atoms with Gasteiger partial charge in [0.2, 0.25) is 5.91 Å². The molecule has 1 amide bonds. The molecule has 8 heteroatoms. The van der Waals surface area contributed by atoms with Gasteiger partial charge in [0.15, 0.2) is 5.16 Å². The van der Waals surface area contributed by atoms with E-state index in [2.05, 4.69) is 23.4 Å². The third kappa shape index (κ3) is 4.84. The summed E-state index contributed by atoms with van der Waals surface area (Å²) < 4.78 is 7.10. The number of hydrogen-bond acceptors (Lipinski definition) is 5. The Morgan fingerprint density at radius 3 is 2.83 bits per heavy atom. The van der Waals surface area contributed by atoms with Crippen LogP contribution < -0.4 is 5.69 Å². The normalized spacial score (nSPS) is 17.1. The lowest BCUT2D eigenvalue weighted by Gasteiger charge is -2.18. The molecule has 1 saturated heterocycles. The van der Waals surface area contributed by atoms with E-state index in [1.807, 2.05) is 0 Å². The molecule has 2 heterocycles. The Morgan fingerprint density at radius 2 is 2.22 bits per heavy atom. The second kappa shape index (κ2) is 8.73. The number of hydrogen-bond donors (Lipinski definition) is 1. The molecule has 0 aliphatic carbocycles. The van der Waals surface area contributed by atoms with Crippen LogP contribution in [0, 0.1) is 0 Å². The molecule has 23 heavy (non-hydrogen) atoms. The fraction of sp³-hybridized carbons (Fsp3) is 0.533. The quantitative estimate of drug-likeness (QED) is 0.538. The van der Waals surface area contributed by atoms with Gasteiger partial charge in [-0.3, -0.25) is 9.36 Å². The van der Waals surface area contributed by atoms with Gasteiger partial charge in [0, 0.05) is 19.7 Å². The van der Waals surface area contributed by atoms with Gasteiger partial charge in [-0.2, -0.15) is 0 Å². The van der Waals surface area contributed by atoms with E-state index >= 15 is 0 Å². The molecule has 1 atom stereocenters. The average Bonchev–Trinajstić information content (AvgIpc) is 3.17. The second-order valence-electron chi connectivity index (χ2n) is 5.22. The number of carbonyl (C=O) groups excluding carboxylic acids is 1. The van der Waals surface area contributed by atoms with E-state index < -0.39 is 0 Å². The number of rotatable bonds is 9. The Hall–Kier alpha value is -1.80. The summed E-state index contributed by atoms with van der Waals surface area (Å²) in [5.41, 5.74) is -0.274. The summed E-state index contributed by atoms with van der Waals surface area (Å²) in [4.78, 5) is 25.7. The molecule has 1 fully saturated rings. The molecule has 0 aromatic carbocycles. The number of carbonyl (C=O) groups is 1. The minimum atomic E-state index is -0.274. The van der Waals surface area contributed by atoms with Gasteiger partial charge in [0.25, 0.3) is 0 Å². The van der Waals surface area contributed by atoms with Crippen LogP contribution in [0.4, 0.5) is 0 Å². The third-order valence-corrected chi connectivity index (χ3v) is 4.47. The number of aromatic nitrogens is 3. The first-order valence-electron chi connectivity index (χ1n) is 7.55. The molecule has 1 N–H and O–H groups in total. The zero-order chi connectivity index (χ0) is 16.7. The van der Waals surface area contributed by atoms with Crippen LogP contribution in [-0.4, -0.2) is 57.1 Å². The summed E-state index contributed by atoms with van der Waals surface area (Å²) in [6, 6.07) is 0. The largest absolute Gasteiger partial charge is 0.376 e. The Balaban J connectivity index is 1.97. The van der Waals surface area contributed by atoms with Crippen LogP contribution in [-0.2, 0) is 16.1 Å². The van der Waals surface area contributed by atoms with Crippen LogP contribution >= 0.6 is 11.8 Å². The Morgan fingerprint density at radius 1 is 1.48 bits per heavy atom. The van der Waals surface area contributed by atoms with E-state index in [9.17, 15) is 9.59 Å². The molecular weight excluding hydrogens is 316 g/mol. The average molecular weight is 338 g/mol. The summed E-state index contributed by atoms with van der Waals surface area (Å²) in [6.07, 6.45) is 5.34. The molecule has 2 rings (SSSR count). The van der Waals surface area contributed by atoms with Gasteiger partial charge >= 0.3 is 5.69 Å². The highest BCUT2D eigenvalue weighted by molar-refractivity contribution is 7.99. The Labute approximate surface area is 139 Å². The molecule has 0 bridgehead atoms. The van der Waals surface area contributed by atoms with Gasteiger partial charge in [-0.25, -0.2) is 9.89 Å². The van der Waals surface area contributed by atoms with Crippen molar-refractivity contribution in [2.75, 3.05) is 25.4 Å². The van der Waals surface area contributed by atoms with E-state index in [0.29, 0.717) is 24.8 Å². The molecular formula is C15H22N4O3S. The van der Waals surface area contributed by atoms with Crippen molar-refractivity contribution < 1.29 is 9.53 Å². The van der Waals surface area contributed by atoms with Crippen molar-refractivity contribution in [3.63, 3.8) is 0 Å². The lowest BCUT2D eigenvalue weighted by molar-refractivity contribution is -0.127. The first-order chi connectivity index (χ1) is 11.2. The van der Waals surface area contributed by atoms with E-state index in [1.165, 1.54) is 11.8 Å². The Bertz CT molecular complexity index is 594. The van der Waals surface area contributed by atoms with Gasteiger partial charge in [-0.15, -0.1) is 18.3 Å². The maximum Gasteiger partial charge on any atom is 0.344 e. The van der Waals surface area contributed by atoms with Crippen molar-refractivity contribution >= 4 is 17.7 Å². The number of nitrogens with zero attached hydrogens (tertiary/aromatic N) is 3. The van der Waals surface area contributed by atoms with Crippen LogP contribution in [0.3, 0.4) is 0 Å². The lowest BCUT2D eigenvalue weighted by atomic mass is 10.2. The molecule has 1 aliphatic heterocycles. The maximum atomic E-state index is 12.2. The van der Waals surface area contributed by atoms with Crippen molar-refractivity contribution in [3.05, 3.63) is 35.8 Å². The fourth-order valence-electron chi connectivity index (χ4n) is 2.37. The maximum absolute atomic E-state index is 12.2. The number of nitrogens with one attached hydrogen (secondary N) is 1. The highest BCUT2D eigenvalue weighted by atomic mass is 32.2. The summed E-state index contributed by atoms with van der Waals surface area (Å²) >= 11 is 1.24. The van der Waals surface area contributed by atoms with Crippen LogP contribution in [0.2, 0.25) is 0 Å². The first kappa shape index (κ1) is 17.6. The molecule has 1 aromatic rings. The third-order valence-electron chi connectivity index (χ3n) is 3.51. The number of aromatic amines is 1. The van der Waals surface area contributed by atoms with Crippen LogP contribution in [0.5, 0.6) is 0 Å². The van der Waals surface area contributed by atoms with Crippen molar-refractivity contribution in [1.29, 1.82) is 0 Å². The molecule has 1 aromatic heterocycles. The zero-order valence-electron chi connectivity index (χ0n) is 13.1. The van der Waals surface area contributed by atoms with Crippen molar-refractivity contribution in [1.82, 2.24) is 19.7 Å². The predicted molar refractivity (Wildman–Crippen MR) is 89.5 cm³/mol. The number of ether oxygens (including phenoxy) is 1. The first-order valence-corrected chi connectivity index (χ1v) is 8.53. The molecule has 0 radical (unpaired) electrons. The number of H-pyrrole nitrogens is 1. The minimum Gasteiger partial charge on any atom is -0.376 e. The summed E-state index contributed by atoms with van der Waals surface area (Å²) in [5.74, 6) is 0.159. The summed E-state index contributed by atoms with van der Waals surface area (Å²) in [5, 5.41) is 6.95. The van der Waals surface area contributed by atoms with Gasteiger partial charge in [-0.05, 0) is 12.8 Å². The van der Waals surface area contributed by atoms with Crippen LogP contribution in [0.25, 0.3) is 0 Å². The van der Waals surface area contributed by atoms with E-state index in [4.69, 9.17) is 4.74 Å². The molecule has 1 unspecified atom stereocenters. The van der Waals surface area contributed by atoms with Crippen molar-refractivity contribution in [2.45, 2.75) is 30.6 Å². The smallest absolute Gasteiger partial charge is 0.344 e. The van der Waals surface area contributed by atoms with Gasteiger partial charge < -0.3 is 9.64 Å². The Kier molecular flexibility index (Phi) is 6.66. The highest BCUT2D eigenvalue weighted by Gasteiger charge is 2.20. The van der Waals surface area contributed by atoms with Crippen LogP contribution in [0.15, 0.2) is 35.3 Å². The molecule has 0 spiro atoms. The summed E-state index contributed by atoms with van der Waals surface area (Å²) in [7, 11) is 0. The van der Waals surface area contributed by atoms with Crippen molar-refractivity contribution in [2.24, 2.45) is 0 Å². The monoisotopic (exact) mass is 338 g/mol. The fourth-order valence-corrected chi connectivity index (χ4v) is 3.23. The zero-order valence-corrected chi connectivity index (χ0v) is 13.9. The second-order valence-corrected chi connectivity index (χ2v) is 6.16. The highest BCUT2D eigenvalue weighted by Crippen LogP contribution is 2.18. The number of amides is 1. The van der Waals surface area contributed by atoms with Crippen LogP contribution in [0.1, 0.15) is 12.8 Å². The standard InChI is InChI=1S/C15H22N4O3S/c1-3-7-18(8-4-2)13(20)11-23-15-17-16-14(21)19(15)10-12-6-5-9-22-12/h3-4,12H,1-2,5-11H2,(H,16,21). The molecule has 7 nitrogen and oxygen atoms in total. The predicted octanol–water partition coefficient (Wildman–Crippen LogP) is 1.04. The van der Waals surface area contributed by atoms with E-state index in [0.717, 1.165) is 19.4 Å². The van der Waals surface area contributed by atoms with Gasteiger partial charge in [-0.1, -0.05) is 23.9 Å². The number of thioether (sulfide) groups is 1. The molecule has 0 saturated carbocycles.